The van der Waals surface area contributed by atoms with Gasteiger partial charge < -0.3 is 10.2 Å². The predicted octanol–water partition coefficient (Wildman–Crippen LogP) is 1.13. The number of nitrogens with one attached hydrogen (secondary N) is 1. The first-order valence-corrected chi connectivity index (χ1v) is 6.79. The van der Waals surface area contributed by atoms with Crippen LogP contribution in [0.5, 0.6) is 0 Å². The van der Waals surface area contributed by atoms with Crippen LogP contribution in [-0.2, 0) is 4.79 Å². The fraction of sp³-hybridized carbons (Fsp3) is 0.500. The summed E-state index contributed by atoms with van der Waals surface area (Å²) in [6, 6.07) is 1.78. The number of amides is 1. The zero-order chi connectivity index (χ0) is 14.7. The quantitative estimate of drug-likeness (QED) is 0.837. The summed E-state index contributed by atoms with van der Waals surface area (Å²) < 4.78 is 1.57. The van der Waals surface area contributed by atoms with Gasteiger partial charge in [0, 0.05) is 18.7 Å². The molecule has 0 saturated carbocycles. The van der Waals surface area contributed by atoms with Crippen LogP contribution in [0.3, 0.4) is 0 Å². The number of carbonyl (C=O) groups excluding carboxylic acids is 1. The number of hydrogen-bond donors (Lipinski definition) is 1. The van der Waals surface area contributed by atoms with Crippen molar-refractivity contribution in [2.75, 3.05) is 18.0 Å². The lowest BCUT2D eigenvalue weighted by atomic mass is 10.3. The lowest BCUT2D eigenvalue weighted by Gasteiger charge is -2.23. The molecular formula is C12H17ClN6O. The van der Waals surface area contributed by atoms with E-state index in [1.54, 1.807) is 10.6 Å². The van der Waals surface area contributed by atoms with Gasteiger partial charge in [0.05, 0.1) is 6.54 Å². The fourth-order valence-corrected chi connectivity index (χ4v) is 2.06. The van der Waals surface area contributed by atoms with Crippen LogP contribution < -0.4 is 10.2 Å². The van der Waals surface area contributed by atoms with E-state index in [1.807, 2.05) is 25.7 Å². The summed E-state index contributed by atoms with van der Waals surface area (Å²) >= 11 is 5.98. The zero-order valence-electron chi connectivity index (χ0n) is 11.7. The second kappa shape index (κ2) is 6.04. The third kappa shape index (κ3) is 3.16. The molecule has 2 heterocycles. The number of likely N-dealkylation sites (N-methyl/N-ethyl adjacent to an activating group) is 1. The summed E-state index contributed by atoms with van der Waals surface area (Å²) in [5.74, 6) is 1.05. The van der Waals surface area contributed by atoms with Crippen molar-refractivity contribution in [3.63, 3.8) is 0 Å². The van der Waals surface area contributed by atoms with Gasteiger partial charge in [-0.15, -0.1) is 0 Å². The van der Waals surface area contributed by atoms with Gasteiger partial charge in [-0.3, -0.25) is 4.79 Å². The smallest absolute Gasteiger partial charge is 0.255 e. The van der Waals surface area contributed by atoms with Crippen molar-refractivity contribution in [1.29, 1.82) is 0 Å². The minimum Gasteiger partial charge on any atom is -0.352 e. The first kappa shape index (κ1) is 14.5. The Labute approximate surface area is 122 Å². The lowest BCUT2D eigenvalue weighted by Crippen LogP contribution is -2.40. The Morgan fingerprint density at radius 1 is 1.55 bits per heavy atom. The number of hydrogen-bond acceptors (Lipinski definition) is 5. The molecule has 0 unspecified atom stereocenters. The lowest BCUT2D eigenvalue weighted by molar-refractivity contribution is -0.120. The van der Waals surface area contributed by atoms with Gasteiger partial charge in [-0.2, -0.15) is 19.6 Å². The van der Waals surface area contributed by atoms with Crippen molar-refractivity contribution >= 4 is 29.1 Å². The number of aromatic nitrogens is 4. The van der Waals surface area contributed by atoms with Crippen molar-refractivity contribution < 1.29 is 4.79 Å². The minimum absolute atomic E-state index is 0.0527. The van der Waals surface area contributed by atoms with E-state index in [-0.39, 0.29) is 18.5 Å². The van der Waals surface area contributed by atoms with E-state index < -0.39 is 0 Å². The predicted molar refractivity (Wildman–Crippen MR) is 77.0 cm³/mol. The number of anilines is 1. The molecule has 1 N–H and O–H groups in total. The molecule has 2 aromatic heterocycles. The van der Waals surface area contributed by atoms with Crippen LogP contribution in [0.25, 0.3) is 5.78 Å². The first-order chi connectivity index (χ1) is 9.51. The maximum atomic E-state index is 11.9. The molecule has 0 saturated heterocycles. The van der Waals surface area contributed by atoms with Crippen LogP contribution in [0.4, 0.5) is 5.82 Å². The highest BCUT2D eigenvalue weighted by molar-refractivity contribution is 6.29. The third-order valence-corrected chi connectivity index (χ3v) is 2.89. The van der Waals surface area contributed by atoms with Gasteiger partial charge in [0.1, 0.15) is 17.3 Å². The van der Waals surface area contributed by atoms with Crippen molar-refractivity contribution in [2.24, 2.45) is 0 Å². The number of rotatable bonds is 5. The molecule has 2 rings (SSSR count). The molecule has 2 aromatic rings. The Hall–Kier alpha value is -1.89. The average Bonchev–Trinajstić information content (AvgIpc) is 2.82. The Bertz CT molecular complexity index is 611. The van der Waals surface area contributed by atoms with E-state index in [4.69, 9.17) is 11.6 Å². The Balaban J connectivity index is 2.29. The molecule has 0 fully saturated rings. The van der Waals surface area contributed by atoms with Crippen molar-refractivity contribution in [1.82, 2.24) is 24.9 Å². The molecule has 20 heavy (non-hydrogen) atoms. The summed E-state index contributed by atoms with van der Waals surface area (Å²) in [4.78, 5) is 21.9. The van der Waals surface area contributed by atoms with Crippen LogP contribution >= 0.6 is 11.6 Å². The molecule has 0 spiro atoms. The highest BCUT2D eigenvalue weighted by Crippen LogP contribution is 2.18. The van der Waals surface area contributed by atoms with Gasteiger partial charge in [-0.1, -0.05) is 11.6 Å². The number of nitrogens with zero attached hydrogens (tertiary/aromatic N) is 5. The minimum atomic E-state index is -0.0527. The summed E-state index contributed by atoms with van der Waals surface area (Å²) in [5, 5.41) is 7.29. The average molecular weight is 297 g/mol. The van der Waals surface area contributed by atoms with E-state index >= 15 is 0 Å². The highest BCUT2D eigenvalue weighted by atomic mass is 35.5. The third-order valence-electron chi connectivity index (χ3n) is 2.69. The molecule has 0 aliphatic rings. The summed E-state index contributed by atoms with van der Waals surface area (Å²) in [6.45, 7) is 6.67. The van der Waals surface area contributed by atoms with E-state index in [9.17, 15) is 4.79 Å². The van der Waals surface area contributed by atoms with Crippen LogP contribution in [0.1, 0.15) is 20.8 Å². The molecule has 0 radical (unpaired) electrons. The van der Waals surface area contributed by atoms with E-state index in [2.05, 4.69) is 20.4 Å². The maximum Gasteiger partial charge on any atom is 0.255 e. The zero-order valence-corrected chi connectivity index (χ0v) is 12.4. The maximum absolute atomic E-state index is 11.9. The molecule has 7 nitrogen and oxygen atoms in total. The molecule has 0 bridgehead atoms. The van der Waals surface area contributed by atoms with Gasteiger partial charge in [0.15, 0.2) is 0 Å². The molecule has 0 atom stereocenters. The SMILES string of the molecule is CCN(CC(=O)NC(C)C)c1cc(Cl)nc2ncnn12. The van der Waals surface area contributed by atoms with Crippen LogP contribution in [0.2, 0.25) is 5.15 Å². The van der Waals surface area contributed by atoms with Gasteiger partial charge in [-0.25, -0.2) is 0 Å². The van der Waals surface area contributed by atoms with Crippen LogP contribution in [0.15, 0.2) is 12.4 Å². The summed E-state index contributed by atoms with van der Waals surface area (Å²) in [7, 11) is 0. The standard InChI is InChI=1S/C12H17ClN6O/c1-4-18(6-10(20)16-8(2)3)11-5-9(13)17-12-14-7-15-19(11)12/h5,7-8H,4,6H2,1-3H3,(H,16,20). The molecule has 8 heteroatoms. The summed E-state index contributed by atoms with van der Waals surface area (Å²) in [6.07, 6.45) is 1.41. The second-order valence-electron chi connectivity index (χ2n) is 4.65. The van der Waals surface area contributed by atoms with Crippen molar-refractivity contribution in [3.05, 3.63) is 17.5 Å². The number of halogens is 1. The number of fused-ring (bicyclic) bond motifs is 1. The Morgan fingerprint density at radius 3 is 2.95 bits per heavy atom. The highest BCUT2D eigenvalue weighted by Gasteiger charge is 2.16. The van der Waals surface area contributed by atoms with Gasteiger partial charge in [0.25, 0.3) is 5.78 Å². The van der Waals surface area contributed by atoms with Crippen LogP contribution in [-0.4, -0.2) is 44.6 Å². The molecule has 0 aliphatic heterocycles. The van der Waals surface area contributed by atoms with Gasteiger partial charge in [-0.05, 0) is 20.8 Å². The largest absolute Gasteiger partial charge is 0.352 e. The van der Waals surface area contributed by atoms with Gasteiger partial charge >= 0.3 is 0 Å². The molecular weight excluding hydrogens is 280 g/mol. The molecule has 0 aliphatic carbocycles. The first-order valence-electron chi connectivity index (χ1n) is 6.41. The van der Waals surface area contributed by atoms with Crippen molar-refractivity contribution in [2.45, 2.75) is 26.8 Å². The topological polar surface area (TPSA) is 75.4 Å². The van der Waals surface area contributed by atoms with E-state index in [0.717, 1.165) is 0 Å². The van der Waals surface area contributed by atoms with Crippen LogP contribution in [0, 0.1) is 0 Å². The molecule has 108 valence electrons. The van der Waals surface area contributed by atoms with Crippen molar-refractivity contribution in [3.8, 4) is 0 Å². The fourth-order valence-electron chi connectivity index (χ4n) is 1.89. The van der Waals surface area contributed by atoms with E-state index in [0.29, 0.717) is 23.3 Å². The Kier molecular flexibility index (Phi) is 4.39. The monoisotopic (exact) mass is 296 g/mol. The number of carbonyl (C=O) groups is 1. The molecule has 1 amide bonds. The molecule has 0 aromatic carbocycles. The Morgan fingerprint density at radius 2 is 2.30 bits per heavy atom. The second-order valence-corrected chi connectivity index (χ2v) is 5.03. The summed E-state index contributed by atoms with van der Waals surface area (Å²) in [5.41, 5.74) is 0. The van der Waals surface area contributed by atoms with E-state index in [1.165, 1.54) is 6.33 Å². The van der Waals surface area contributed by atoms with Gasteiger partial charge in [0.2, 0.25) is 5.91 Å². The normalized spacial score (nSPS) is 11.1.